The van der Waals surface area contributed by atoms with Crippen molar-refractivity contribution in [1.82, 2.24) is 18.8 Å². The lowest BCUT2D eigenvalue weighted by molar-refractivity contribution is 1.16. The molecule has 0 bridgehead atoms. The summed E-state index contributed by atoms with van der Waals surface area (Å²) in [5.74, 6) is 0. The highest BCUT2D eigenvalue weighted by Crippen LogP contribution is 2.23. The molecule has 20 heavy (non-hydrogen) atoms. The number of nitrogens with zero attached hydrogens (tertiary/aromatic N) is 4. The van der Waals surface area contributed by atoms with E-state index in [1.165, 1.54) is 0 Å². The van der Waals surface area contributed by atoms with E-state index in [4.69, 9.17) is 0 Å². The van der Waals surface area contributed by atoms with Crippen LogP contribution in [0.1, 0.15) is 0 Å². The van der Waals surface area contributed by atoms with E-state index in [9.17, 15) is 0 Å². The van der Waals surface area contributed by atoms with E-state index in [0.717, 1.165) is 28.2 Å². The van der Waals surface area contributed by atoms with Gasteiger partial charge in [0.05, 0.1) is 17.6 Å². The van der Waals surface area contributed by atoms with Gasteiger partial charge in [0.25, 0.3) is 0 Å². The van der Waals surface area contributed by atoms with Gasteiger partial charge in [0, 0.05) is 37.4 Å². The molecule has 0 saturated heterocycles. The van der Waals surface area contributed by atoms with Gasteiger partial charge in [-0.2, -0.15) is 0 Å². The van der Waals surface area contributed by atoms with Crippen LogP contribution in [-0.4, -0.2) is 25.8 Å². The van der Waals surface area contributed by atoms with Gasteiger partial charge in [-0.15, -0.1) is 0 Å². The summed E-state index contributed by atoms with van der Waals surface area (Å²) in [6, 6.07) is 8.16. The maximum Gasteiger partial charge on any atom is 0.137 e. The molecule has 4 heterocycles. The van der Waals surface area contributed by atoms with E-state index in [1.54, 1.807) is 6.20 Å². The minimum absolute atomic E-state index is 0.933. The molecule has 5 heteroatoms. The fourth-order valence-corrected chi connectivity index (χ4v) is 2.41. The number of rotatable bonds is 2. The summed E-state index contributed by atoms with van der Waals surface area (Å²) < 4.78 is 4.08. The van der Waals surface area contributed by atoms with Crippen molar-refractivity contribution in [3.63, 3.8) is 0 Å². The van der Waals surface area contributed by atoms with Crippen molar-refractivity contribution < 1.29 is 0 Å². The molecule has 1 N–H and O–H groups in total. The van der Waals surface area contributed by atoms with Crippen LogP contribution in [-0.2, 0) is 0 Å². The Hall–Kier alpha value is -2.82. The number of hydrogen-bond donors (Lipinski definition) is 1. The first-order valence-corrected chi connectivity index (χ1v) is 6.43. The van der Waals surface area contributed by atoms with Crippen LogP contribution >= 0.6 is 0 Å². The average Bonchev–Trinajstić information content (AvgIpc) is 3.11. The van der Waals surface area contributed by atoms with Gasteiger partial charge in [-0.1, -0.05) is 0 Å². The third-order valence-corrected chi connectivity index (χ3v) is 3.49. The Bertz CT molecular complexity index is 903. The summed E-state index contributed by atoms with van der Waals surface area (Å²) in [6.45, 7) is 0. The smallest absolute Gasteiger partial charge is 0.137 e. The van der Waals surface area contributed by atoms with Gasteiger partial charge >= 0.3 is 0 Å². The number of imidazole rings is 2. The van der Waals surface area contributed by atoms with Crippen molar-refractivity contribution in [2.45, 2.75) is 0 Å². The Kier molecular flexibility index (Phi) is 2.26. The van der Waals surface area contributed by atoms with E-state index in [2.05, 4.69) is 31.8 Å². The molecule has 98 valence electrons. The molecule has 4 aromatic heterocycles. The summed E-state index contributed by atoms with van der Waals surface area (Å²) in [7, 11) is 1.91. The lowest BCUT2D eigenvalue weighted by Crippen LogP contribution is -1.94. The zero-order valence-corrected chi connectivity index (χ0v) is 11.0. The van der Waals surface area contributed by atoms with E-state index in [-0.39, 0.29) is 0 Å². The summed E-state index contributed by atoms with van der Waals surface area (Å²) in [5, 5.41) is 3.15. The van der Waals surface area contributed by atoms with Crippen LogP contribution in [0.4, 0.5) is 5.69 Å². The average molecular weight is 263 g/mol. The molecule has 0 fully saturated rings. The van der Waals surface area contributed by atoms with Crippen LogP contribution in [0.3, 0.4) is 0 Å². The lowest BCUT2D eigenvalue weighted by Gasteiger charge is -2.05. The minimum atomic E-state index is 0.933. The highest BCUT2D eigenvalue weighted by Gasteiger charge is 2.07. The van der Waals surface area contributed by atoms with Gasteiger partial charge < -0.3 is 9.72 Å². The maximum atomic E-state index is 4.45. The van der Waals surface area contributed by atoms with Crippen LogP contribution in [0.25, 0.3) is 22.6 Å². The normalized spacial score (nSPS) is 11.2. The molecule has 0 aliphatic heterocycles. The van der Waals surface area contributed by atoms with Crippen LogP contribution < -0.4 is 5.32 Å². The molecule has 0 aromatic carbocycles. The van der Waals surface area contributed by atoms with E-state index in [0.29, 0.717) is 0 Å². The molecule has 4 rings (SSSR count). The Morgan fingerprint density at radius 2 is 2.00 bits per heavy atom. The predicted molar refractivity (Wildman–Crippen MR) is 78.9 cm³/mol. The zero-order valence-electron chi connectivity index (χ0n) is 11.0. The van der Waals surface area contributed by atoms with E-state index < -0.39 is 0 Å². The summed E-state index contributed by atoms with van der Waals surface area (Å²) in [4.78, 5) is 8.77. The van der Waals surface area contributed by atoms with Crippen molar-refractivity contribution in [2.75, 3.05) is 12.4 Å². The summed E-state index contributed by atoms with van der Waals surface area (Å²) in [6.07, 6.45) is 9.69. The zero-order chi connectivity index (χ0) is 13.5. The molecule has 5 nitrogen and oxygen atoms in total. The van der Waals surface area contributed by atoms with Crippen LogP contribution in [0, 0.1) is 0 Å². The van der Waals surface area contributed by atoms with E-state index in [1.807, 2.05) is 48.4 Å². The van der Waals surface area contributed by atoms with Crippen molar-refractivity contribution >= 4 is 17.0 Å². The van der Waals surface area contributed by atoms with E-state index >= 15 is 0 Å². The number of aromatic nitrogens is 4. The monoisotopic (exact) mass is 263 g/mol. The molecule has 0 unspecified atom stereocenters. The molecule has 0 atom stereocenters. The van der Waals surface area contributed by atoms with Crippen molar-refractivity contribution in [1.29, 1.82) is 0 Å². The first kappa shape index (κ1) is 11.0. The maximum absolute atomic E-state index is 4.45. The standard InChI is InChI=1S/C15H13N5/c1-16-12-2-3-14-18-9-13(20(14)10-12)11-4-6-19-7-5-17-15(19)8-11/h2-10,16H,1H3. The molecular formula is C15H13N5. The second-order valence-corrected chi connectivity index (χ2v) is 4.65. The molecule has 0 radical (unpaired) electrons. The Morgan fingerprint density at radius 3 is 2.90 bits per heavy atom. The van der Waals surface area contributed by atoms with Crippen molar-refractivity contribution in [2.24, 2.45) is 0 Å². The second-order valence-electron chi connectivity index (χ2n) is 4.65. The third-order valence-electron chi connectivity index (χ3n) is 3.49. The van der Waals surface area contributed by atoms with Gasteiger partial charge in [-0.25, -0.2) is 9.97 Å². The highest BCUT2D eigenvalue weighted by atomic mass is 15.0. The Labute approximate surface area is 115 Å². The Morgan fingerprint density at radius 1 is 1.05 bits per heavy atom. The van der Waals surface area contributed by atoms with Crippen LogP contribution in [0.15, 0.2) is 55.2 Å². The van der Waals surface area contributed by atoms with Crippen molar-refractivity contribution in [3.05, 3.63) is 55.2 Å². The minimum Gasteiger partial charge on any atom is -0.387 e. The fraction of sp³-hybridized carbons (Fsp3) is 0.0667. The van der Waals surface area contributed by atoms with Crippen LogP contribution in [0.5, 0.6) is 0 Å². The summed E-state index contributed by atoms with van der Waals surface area (Å²) >= 11 is 0. The summed E-state index contributed by atoms with van der Waals surface area (Å²) in [5.41, 5.74) is 5.08. The molecule has 0 aliphatic carbocycles. The largest absolute Gasteiger partial charge is 0.387 e. The van der Waals surface area contributed by atoms with Crippen molar-refractivity contribution in [3.8, 4) is 11.3 Å². The second kappa shape index (κ2) is 4.09. The van der Waals surface area contributed by atoms with Gasteiger partial charge in [0.15, 0.2) is 0 Å². The molecule has 0 saturated carbocycles. The lowest BCUT2D eigenvalue weighted by atomic mass is 10.2. The Balaban J connectivity index is 1.96. The molecular weight excluding hydrogens is 250 g/mol. The topological polar surface area (TPSA) is 46.6 Å². The fourth-order valence-electron chi connectivity index (χ4n) is 2.41. The molecule has 4 aromatic rings. The first-order chi connectivity index (χ1) is 9.85. The SMILES string of the molecule is CNc1ccc2ncc(-c3ccn4ccnc4c3)n2c1. The number of anilines is 1. The first-order valence-electron chi connectivity index (χ1n) is 6.43. The molecule has 0 amide bonds. The number of fused-ring (bicyclic) bond motifs is 2. The molecule has 0 aliphatic rings. The van der Waals surface area contributed by atoms with Gasteiger partial charge in [0.1, 0.15) is 11.3 Å². The van der Waals surface area contributed by atoms with Gasteiger partial charge in [-0.3, -0.25) is 4.40 Å². The number of pyridine rings is 2. The highest BCUT2D eigenvalue weighted by molar-refractivity contribution is 5.68. The third kappa shape index (κ3) is 1.56. The number of nitrogens with one attached hydrogen (secondary N) is 1. The van der Waals surface area contributed by atoms with Gasteiger partial charge in [0.2, 0.25) is 0 Å². The van der Waals surface area contributed by atoms with Crippen LogP contribution in [0.2, 0.25) is 0 Å². The number of hydrogen-bond acceptors (Lipinski definition) is 3. The van der Waals surface area contributed by atoms with Gasteiger partial charge in [-0.05, 0) is 24.3 Å². The quantitative estimate of drug-likeness (QED) is 0.605. The molecule has 0 spiro atoms. The predicted octanol–water partition coefficient (Wildman–Crippen LogP) is 2.69.